The van der Waals surface area contributed by atoms with Crippen LogP contribution in [0.5, 0.6) is 0 Å². The Morgan fingerprint density at radius 1 is 1.00 bits per heavy atom. The predicted molar refractivity (Wildman–Crippen MR) is 255 cm³/mol. The number of alkyl halides is 1. The Hall–Kier alpha value is -6.24. The van der Waals surface area contributed by atoms with Gasteiger partial charge in [0.15, 0.2) is 17.2 Å². The topological polar surface area (TPSA) is 236 Å². The number of ketones is 1. The summed E-state index contributed by atoms with van der Waals surface area (Å²) >= 11 is 1.56. The van der Waals surface area contributed by atoms with Crippen molar-refractivity contribution in [2.45, 2.75) is 97.3 Å². The molecule has 5 atom stereocenters. The van der Waals surface area contributed by atoms with Crippen LogP contribution in [0.25, 0.3) is 27.3 Å². The van der Waals surface area contributed by atoms with Crippen LogP contribution in [0.1, 0.15) is 80.6 Å². The summed E-state index contributed by atoms with van der Waals surface area (Å²) in [6.45, 7) is 9.23. The number of rotatable bonds is 23. The SMILES string of the molecule is Cc1ncsc1-c1ccc(CNC(=O)C2C[C@@H](O)CN2C(=O)[C@@H](CC(=O)COCCOCCOC(C)C(F)CNC(=O)c2cnc(-n3ncc4cc(C#N)cnc43)cc2NC2CC2)C(C)(C)C)cc1. The molecule has 2 fully saturated rings. The Morgan fingerprint density at radius 2 is 1.75 bits per heavy atom. The fourth-order valence-electron chi connectivity index (χ4n) is 7.93. The van der Waals surface area contributed by atoms with Gasteiger partial charge in [-0.2, -0.15) is 15.0 Å². The Kier molecular flexibility index (Phi) is 16.8. The number of benzene rings is 1. The van der Waals surface area contributed by atoms with Gasteiger partial charge in [-0.15, -0.1) is 11.3 Å². The average molecular weight is 967 g/mol. The molecule has 5 heterocycles. The summed E-state index contributed by atoms with van der Waals surface area (Å²) in [5, 5.41) is 33.7. The van der Waals surface area contributed by atoms with Crippen molar-refractivity contribution in [3.8, 4) is 22.3 Å². The van der Waals surface area contributed by atoms with Crippen molar-refractivity contribution >= 4 is 51.6 Å². The number of β-amino-alcohol motifs (C(OH)–C–C–N with tert-alkyl or cyclic N) is 1. The molecule has 2 aliphatic rings. The summed E-state index contributed by atoms with van der Waals surface area (Å²) in [4.78, 5) is 69.4. The monoisotopic (exact) mass is 966 g/mol. The second-order valence-corrected chi connectivity index (χ2v) is 19.4. The molecule has 69 heavy (non-hydrogen) atoms. The fraction of sp³-hybridized carbons (Fsp3) is 0.490. The minimum atomic E-state index is -1.52. The van der Waals surface area contributed by atoms with Gasteiger partial charge in [-0.05, 0) is 49.3 Å². The van der Waals surface area contributed by atoms with E-state index in [1.54, 1.807) is 42.1 Å². The second kappa shape index (κ2) is 22.9. The molecule has 0 spiro atoms. The van der Waals surface area contributed by atoms with E-state index < -0.39 is 41.7 Å². The van der Waals surface area contributed by atoms with Crippen LogP contribution < -0.4 is 16.0 Å². The van der Waals surface area contributed by atoms with Crippen LogP contribution in [-0.2, 0) is 35.1 Å². The number of halogens is 1. The number of aliphatic hydroxyl groups excluding tert-OH is 1. The molecule has 1 saturated heterocycles. The summed E-state index contributed by atoms with van der Waals surface area (Å²) < 4.78 is 33.4. The van der Waals surface area contributed by atoms with Crippen molar-refractivity contribution in [3.05, 3.63) is 82.9 Å². The third-order valence-corrected chi connectivity index (χ3v) is 13.1. The van der Waals surface area contributed by atoms with Gasteiger partial charge in [-0.25, -0.2) is 19.3 Å². The van der Waals surface area contributed by atoms with E-state index in [0.29, 0.717) is 28.1 Å². The molecule has 3 unspecified atom stereocenters. The number of pyridine rings is 2. The van der Waals surface area contributed by atoms with E-state index in [2.05, 4.69) is 42.1 Å². The second-order valence-electron chi connectivity index (χ2n) is 18.5. The first-order chi connectivity index (χ1) is 33.1. The van der Waals surface area contributed by atoms with Gasteiger partial charge in [0, 0.05) is 61.7 Å². The fourth-order valence-corrected chi connectivity index (χ4v) is 8.74. The number of hydrogen-bond acceptors (Lipinski definition) is 15. The summed E-state index contributed by atoms with van der Waals surface area (Å²) in [7, 11) is 0. The molecule has 1 saturated carbocycles. The van der Waals surface area contributed by atoms with Crippen LogP contribution in [0.3, 0.4) is 0 Å². The number of thiazole rings is 1. The lowest BCUT2D eigenvalue weighted by Gasteiger charge is -2.34. The third-order valence-electron chi connectivity index (χ3n) is 12.1. The number of carbonyl (C=O) groups is 4. The number of aryl methyl sites for hydroxylation is 1. The molecule has 4 N–H and O–H groups in total. The van der Waals surface area contributed by atoms with E-state index in [1.165, 1.54) is 22.0 Å². The highest BCUT2D eigenvalue weighted by Crippen LogP contribution is 2.34. The molecular formula is C49H59FN10O8S. The van der Waals surface area contributed by atoms with Crippen LogP contribution in [0, 0.1) is 29.6 Å². The number of aliphatic hydroxyl groups is 1. The molecule has 1 aliphatic heterocycles. The molecule has 7 rings (SSSR count). The molecule has 0 radical (unpaired) electrons. The summed E-state index contributed by atoms with van der Waals surface area (Å²) in [5.41, 5.74) is 5.74. The Labute approximate surface area is 404 Å². The molecule has 1 aromatic carbocycles. The van der Waals surface area contributed by atoms with Gasteiger partial charge in [0.25, 0.3) is 5.91 Å². The van der Waals surface area contributed by atoms with Crippen LogP contribution in [-0.4, -0.2) is 135 Å². The van der Waals surface area contributed by atoms with Crippen molar-refractivity contribution in [2.75, 3.05) is 51.4 Å². The van der Waals surface area contributed by atoms with E-state index in [1.807, 2.05) is 52.0 Å². The van der Waals surface area contributed by atoms with E-state index in [0.717, 1.165) is 34.5 Å². The number of anilines is 1. The first kappa shape index (κ1) is 50.6. The van der Waals surface area contributed by atoms with Crippen molar-refractivity contribution in [1.82, 2.24) is 40.3 Å². The number of hydrogen-bond donors (Lipinski definition) is 4. The summed E-state index contributed by atoms with van der Waals surface area (Å²) in [5.74, 6) is -1.89. The number of amides is 3. The standard InChI is InChI=1S/C49H59FN10O8S/c1-29-44(69-28-56-29)33-8-6-31(7-9-33)21-54-47(64)42-18-36(61)26-59(42)48(65)39(49(3,4)5)17-37(62)27-67-13-12-66-14-15-68-30(2)40(50)25-55-46(63)38-24-52-43(19-41(38)58-35-10-11-35)60-45-34(23-57-60)16-32(20-51)22-53-45/h6-9,16,19,22-24,28,30,35-36,39-40,42,61H,10-15,17-18,21,25-27H2,1-5H3,(H,52,58)(H,54,64)(H,55,63)/t30?,36-,39-,40?,42?/m1/s1. The Morgan fingerprint density at radius 3 is 2.46 bits per heavy atom. The molecule has 366 valence electrons. The van der Waals surface area contributed by atoms with Crippen molar-refractivity contribution in [1.29, 1.82) is 5.26 Å². The lowest BCUT2D eigenvalue weighted by molar-refractivity contribution is -0.146. The molecule has 1 aliphatic carbocycles. The van der Waals surface area contributed by atoms with E-state index in [4.69, 9.17) is 14.2 Å². The Bertz CT molecular complexity index is 2640. The number of Topliss-reactive ketones (excluding diaryl/α,β-unsaturated/α-hetero) is 1. The highest BCUT2D eigenvalue weighted by molar-refractivity contribution is 7.13. The molecule has 4 aromatic heterocycles. The summed E-state index contributed by atoms with van der Waals surface area (Å²) in [6, 6.07) is 12.6. The number of fused-ring (bicyclic) bond motifs is 1. The highest BCUT2D eigenvalue weighted by atomic mass is 32.1. The molecule has 20 heteroatoms. The van der Waals surface area contributed by atoms with Crippen LogP contribution in [0.4, 0.5) is 10.1 Å². The van der Waals surface area contributed by atoms with Gasteiger partial charge in [-0.1, -0.05) is 45.0 Å². The van der Waals surface area contributed by atoms with Gasteiger partial charge in [0.05, 0.1) is 84.3 Å². The van der Waals surface area contributed by atoms with Crippen LogP contribution in [0.15, 0.2) is 60.5 Å². The lowest BCUT2D eigenvalue weighted by atomic mass is 9.77. The number of aromatic nitrogens is 5. The maximum Gasteiger partial charge on any atom is 0.255 e. The first-order valence-corrected chi connectivity index (χ1v) is 23.9. The maximum absolute atomic E-state index is 15.2. The quantitative estimate of drug-likeness (QED) is 0.0624. The smallest absolute Gasteiger partial charge is 0.255 e. The van der Waals surface area contributed by atoms with E-state index >= 15 is 4.39 Å². The van der Waals surface area contributed by atoms with Crippen LogP contribution in [0.2, 0.25) is 0 Å². The molecule has 18 nitrogen and oxygen atoms in total. The minimum absolute atomic E-state index is 0.00928. The number of likely N-dealkylation sites (tertiary alicyclic amines) is 1. The van der Waals surface area contributed by atoms with E-state index in [-0.39, 0.29) is 94.7 Å². The number of ether oxygens (including phenoxy) is 3. The van der Waals surface area contributed by atoms with Gasteiger partial charge in [0.2, 0.25) is 11.8 Å². The average Bonchev–Trinajstić information content (AvgIpc) is 3.66. The number of nitrogens with zero attached hydrogens (tertiary/aromatic N) is 7. The first-order valence-electron chi connectivity index (χ1n) is 23.1. The minimum Gasteiger partial charge on any atom is -0.391 e. The largest absolute Gasteiger partial charge is 0.391 e. The molecular weight excluding hydrogens is 908 g/mol. The molecule has 3 amide bonds. The Balaban J connectivity index is 0.793. The normalized spacial score (nSPS) is 17.3. The number of carbonyl (C=O) groups excluding carboxylic acids is 4. The van der Waals surface area contributed by atoms with Gasteiger partial charge in [-0.3, -0.25) is 19.2 Å². The number of nitriles is 1. The summed E-state index contributed by atoms with van der Waals surface area (Å²) in [6.07, 6.45) is 3.09. The lowest BCUT2D eigenvalue weighted by Crippen LogP contribution is -2.50. The van der Waals surface area contributed by atoms with E-state index in [9.17, 15) is 29.5 Å². The molecule has 0 bridgehead atoms. The van der Waals surface area contributed by atoms with Gasteiger partial charge >= 0.3 is 0 Å². The van der Waals surface area contributed by atoms with Crippen LogP contribution >= 0.6 is 11.3 Å². The zero-order valence-corrected chi connectivity index (χ0v) is 40.3. The van der Waals surface area contributed by atoms with Gasteiger partial charge < -0.3 is 40.2 Å². The third kappa shape index (κ3) is 13.3. The predicted octanol–water partition coefficient (Wildman–Crippen LogP) is 5.10. The highest BCUT2D eigenvalue weighted by Gasteiger charge is 2.44. The van der Waals surface area contributed by atoms with Crippen molar-refractivity contribution in [2.24, 2.45) is 11.3 Å². The number of nitrogens with one attached hydrogen (secondary N) is 3. The zero-order chi connectivity index (χ0) is 49.2. The zero-order valence-electron chi connectivity index (χ0n) is 39.4. The molecule has 5 aromatic rings. The van der Waals surface area contributed by atoms with Gasteiger partial charge in [0.1, 0.15) is 24.9 Å². The van der Waals surface area contributed by atoms with Crippen molar-refractivity contribution in [3.63, 3.8) is 0 Å². The maximum atomic E-state index is 15.2. The van der Waals surface area contributed by atoms with Crippen molar-refractivity contribution < 1.29 is 42.9 Å².